The van der Waals surface area contributed by atoms with Crippen LogP contribution < -0.4 is 0 Å². The molecule has 0 unspecified atom stereocenters. The van der Waals surface area contributed by atoms with Crippen molar-refractivity contribution >= 4 is 18.3 Å². The van der Waals surface area contributed by atoms with E-state index in [0.717, 1.165) is 27.4 Å². The van der Waals surface area contributed by atoms with Crippen molar-refractivity contribution in [2.24, 2.45) is 0 Å². The third-order valence-corrected chi connectivity index (χ3v) is 3.33. The molecule has 0 bridgehead atoms. The van der Waals surface area contributed by atoms with Crippen LogP contribution in [0.25, 0.3) is 16.9 Å². The molecule has 4 heteroatoms. The van der Waals surface area contributed by atoms with E-state index in [-0.39, 0.29) is 0 Å². The lowest BCUT2D eigenvalue weighted by atomic mass is 10.1. The van der Waals surface area contributed by atoms with E-state index in [9.17, 15) is 0 Å². The zero-order valence-corrected chi connectivity index (χ0v) is 10.2. The van der Waals surface area contributed by atoms with Crippen LogP contribution in [0.2, 0.25) is 0 Å². The van der Waals surface area contributed by atoms with Crippen LogP contribution in [-0.2, 0) is 0 Å². The zero-order chi connectivity index (χ0) is 11.8. The normalized spacial score (nSPS) is 10.9. The van der Waals surface area contributed by atoms with Crippen molar-refractivity contribution in [2.45, 2.75) is 11.8 Å². The molecule has 0 amide bonds. The summed E-state index contributed by atoms with van der Waals surface area (Å²) in [7, 11) is 0. The molecule has 3 aromatic rings. The molecule has 0 aliphatic carbocycles. The van der Waals surface area contributed by atoms with Crippen LogP contribution in [0.4, 0.5) is 0 Å². The van der Waals surface area contributed by atoms with Gasteiger partial charge in [0.1, 0.15) is 12.0 Å². The van der Waals surface area contributed by atoms with Crippen LogP contribution in [0.5, 0.6) is 0 Å². The smallest absolute Gasteiger partial charge is 0.140 e. The van der Waals surface area contributed by atoms with Gasteiger partial charge in [-0.15, -0.1) is 12.6 Å². The van der Waals surface area contributed by atoms with E-state index in [1.807, 2.05) is 28.8 Å². The van der Waals surface area contributed by atoms with Crippen molar-refractivity contribution in [2.75, 3.05) is 0 Å². The molecule has 0 spiro atoms. The molecule has 17 heavy (non-hydrogen) atoms. The van der Waals surface area contributed by atoms with Crippen LogP contribution in [0.15, 0.2) is 47.9 Å². The Kier molecular flexibility index (Phi) is 2.37. The SMILES string of the molecule is Cc1c(S)cccc1-c1cn2cnccc2n1. The summed E-state index contributed by atoms with van der Waals surface area (Å²) in [6.07, 6.45) is 5.48. The minimum atomic E-state index is 0.902. The first-order valence-electron chi connectivity index (χ1n) is 5.33. The minimum Gasteiger partial charge on any atom is -0.290 e. The fourth-order valence-corrected chi connectivity index (χ4v) is 2.08. The van der Waals surface area contributed by atoms with E-state index >= 15 is 0 Å². The van der Waals surface area contributed by atoms with Crippen LogP contribution in [0.1, 0.15) is 5.56 Å². The highest BCUT2D eigenvalue weighted by atomic mass is 32.1. The number of imidazole rings is 1. The highest BCUT2D eigenvalue weighted by Gasteiger charge is 2.08. The summed E-state index contributed by atoms with van der Waals surface area (Å²) in [5.74, 6) is 0. The van der Waals surface area contributed by atoms with E-state index in [0.29, 0.717) is 0 Å². The molecule has 84 valence electrons. The number of benzene rings is 1. The molecule has 0 saturated heterocycles. The second-order valence-electron chi connectivity index (χ2n) is 3.92. The summed E-state index contributed by atoms with van der Waals surface area (Å²) in [6, 6.07) is 7.93. The summed E-state index contributed by atoms with van der Waals surface area (Å²) in [5, 5.41) is 0. The first kappa shape index (κ1) is 10.4. The van der Waals surface area contributed by atoms with Crippen molar-refractivity contribution in [3.63, 3.8) is 0 Å². The van der Waals surface area contributed by atoms with Gasteiger partial charge < -0.3 is 0 Å². The Morgan fingerprint density at radius 1 is 1.24 bits per heavy atom. The van der Waals surface area contributed by atoms with Crippen molar-refractivity contribution in [3.8, 4) is 11.3 Å². The Hall–Kier alpha value is -1.81. The Labute approximate surface area is 105 Å². The topological polar surface area (TPSA) is 30.2 Å². The average Bonchev–Trinajstić information content (AvgIpc) is 2.76. The monoisotopic (exact) mass is 241 g/mol. The molecule has 3 nitrogen and oxygen atoms in total. The predicted octanol–water partition coefficient (Wildman–Crippen LogP) is 2.99. The Bertz CT molecular complexity index is 655. The standard InChI is InChI=1S/C13H11N3S/c1-9-10(3-2-4-12(9)17)11-7-16-8-14-6-5-13(16)15-11/h2-8,17H,1H3. The van der Waals surface area contributed by atoms with Gasteiger partial charge in [-0.3, -0.25) is 4.40 Å². The summed E-state index contributed by atoms with van der Waals surface area (Å²) in [5.41, 5.74) is 4.11. The Balaban J connectivity index is 2.24. The molecule has 0 fully saturated rings. The molecule has 1 aromatic carbocycles. The first-order valence-corrected chi connectivity index (χ1v) is 5.78. The number of thiol groups is 1. The van der Waals surface area contributed by atoms with Crippen molar-refractivity contribution in [1.82, 2.24) is 14.4 Å². The minimum absolute atomic E-state index is 0.902. The summed E-state index contributed by atoms with van der Waals surface area (Å²) >= 11 is 4.43. The molecule has 2 heterocycles. The zero-order valence-electron chi connectivity index (χ0n) is 9.33. The third-order valence-electron chi connectivity index (χ3n) is 2.84. The highest BCUT2D eigenvalue weighted by Crippen LogP contribution is 2.26. The lowest BCUT2D eigenvalue weighted by Crippen LogP contribution is -1.84. The number of nitrogens with zero attached hydrogens (tertiary/aromatic N) is 3. The van der Waals surface area contributed by atoms with Crippen LogP contribution >= 0.6 is 12.6 Å². The molecular weight excluding hydrogens is 230 g/mol. The fourth-order valence-electron chi connectivity index (χ4n) is 1.87. The molecule has 3 rings (SSSR count). The Morgan fingerprint density at radius 3 is 2.94 bits per heavy atom. The first-order chi connectivity index (χ1) is 8.25. The number of hydrogen-bond donors (Lipinski definition) is 1. The second kappa shape index (κ2) is 3.89. The van der Waals surface area contributed by atoms with Gasteiger partial charge in [0, 0.05) is 22.9 Å². The van der Waals surface area contributed by atoms with Crippen LogP contribution in [0, 0.1) is 6.92 Å². The molecule has 0 aliphatic rings. The maximum atomic E-state index is 4.57. The van der Waals surface area contributed by atoms with E-state index in [1.54, 1.807) is 12.5 Å². The number of rotatable bonds is 1. The van der Waals surface area contributed by atoms with Gasteiger partial charge >= 0.3 is 0 Å². The molecular formula is C13H11N3S. The van der Waals surface area contributed by atoms with Crippen LogP contribution in [0.3, 0.4) is 0 Å². The summed E-state index contributed by atoms with van der Waals surface area (Å²) < 4.78 is 1.92. The molecule has 2 aromatic heterocycles. The molecule has 0 atom stereocenters. The van der Waals surface area contributed by atoms with E-state index < -0.39 is 0 Å². The van der Waals surface area contributed by atoms with Gasteiger partial charge in [-0.05, 0) is 24.6 Å². The van der Waals surface area contributed by atoms with Gasteiger partial charge in [0.05, 0.1) is 5.69 Å². The number of hydrogen-bond acceptors (Lipinski definition) is 3. The third kappa shape index (κ3) is 1.70. The van der Waals surface area contributed by atoms with Crippen molar-refractivity contribution in [1.29, 1.82) is 0 Å². The predicted molar refractivity (Wildman–Crippen MR) is 70.4 cm³/mol. The van der Waals surface area contributed by atoms with Gasteiger partial charge in [0.25, 0.3) is 0 Å². The molecule has 0 N–H and O–H groups in total. The van der Waals surface area contributed by atoms with Gasteiger partial charge in [-0.25, -0.2) is 9.97 Å². The molecule has 0 saturated carbocycles. The highest BCUT2D eigenvalue weighted by molar-refractivity contribution is 7.80. The van der Waals surface area contributed by atoms with Crippen molar-refractivity contribution < 1.29 is 0 Å². The number of aromatic nitrogens is 3. The fraction of sp³-hybridized carbons (Fsp3) is 0.0769. The molecule has 0 radical (unpaired) electrons. The lowest BCUT2D eigenvalue weighted by molar-refractivity contribution is 1.09. The Morgan fingerprint density at radius 2 is 2.12 bits per heavy atom. The van der Waals surface area contributed by atoms with Crippen molar-refractivity contribution in [3.05, 3.63) is 48.5 Å². The average molecular weight is 241 g/mol. The lowest BCUT2D eigenvalue weighted by Gasteiger charge is -2.04. The second-order valence-corrected chi connectivity index (χ2v) is 4.40. The van der Waals surface area contributed by atoms with Gasteiger partial charge in [-0.2, -0.15) is 0 Å². The van der Waals surface area contributed by atoms with Crippen LogP contribution in [-0.4, -0.2) is 14.4 Å². The van der Waals surface area contributed by atoms with E-state index in [2.05, 4.69) is 35.6 Å². The number of fused-ring (bicyclic) bond motifs is 1. The van der Waals surface area contributed by atoms with Gasteiger partial charge in [-0.1, -0.05) is 12.1 Å². The largest absolute Gasteiger partial charge is 0.290 e. The maximum absolute atomic E-state index is 4.57. The quantitative estimate of drug-likeness (QED) is 0.664. The van der Waals surface area contributed by atoms with Gasteiger partial charge in [0.15, 0.2) is 0 Å². The van der Waals surface area contributed by atoms with E-state index in [4.69, 9.17) is 0 Å². The summed E-state index contributed by atoms with van der Waals surface area (Å²) in [6.45, 7) is 2.06. The van der Waals surface area contributed by atoms with Gasteiger partial charge in [0.2, 0.25) is 0 Å². The molecule has 0 aliphatic heterocycles. The van der Waals surface area contributed by atoms with E-state index in [1.165, 1.54) is 0 Å². The maximum Gasteiger partial charge on any atom is 0.140 e. The summed E-state index contributed by atoms with van der Waals surface area (Å²) in [4.78, 5) is 9.63.